The maximum absolute atomic E-state index is 6.01. The number of nitrogens with zero attached hydrogens (tertiary/aromatic N) is 4. The molecule has 6 heteroatoms. The van der Waals surface area contributed by atoms with Gasteiger partial charge in [-0.2, -0.15) is 0 Å². The highest BCUT2D eigenvalue weighted by atomic mass is 16.3. The number of nitrogens with one attached hydrogen (secondary N) is 1. The highest BCUT2D eigenvalue weighted by molar-refractivity contribution is 5.82. The van der Waals surface area contributed by atoms with Gasteiger partial charge in [0.25, 0.3) is 0 Å². The molecule has 0 saturated heterocycles. The van der Waals surface area contributed by atoms with Crippen molar-refractivity contribution in [3.8, 4) is 5.82 Å². The third kappa shape index (κ3) is 2.52. The lowest BCUT2D eigenvalue weighted by Gasteiger charge is -2.13. The normalized spacial score (nSPS) is 12.4. The van der Waals surface area contributed by atoms with E-state index in [1.54, 1.807) is 12.5 Å². The van der Waals surface area contributed by atoms with Crippen LogP contribution in [0, 0.1) is 6.92 Å². The third-order valence-electron chi connectivity index (χ3n) is 4.06. The topological polar surface area (TPSA) is 68.8 Å². The summed E-state index contributed by atoms with van der Waals surface area (Å²) in [5.74, 6) is 2.42. The number of anilines is 1. The molecule has 0 amide bonds. The maximum Gasteiger partial charge on any atom is 0.143 e. The number of fused-ring (bicyclic) bond motifs is 1. The van der Waals surface area contributed by atoms with Gasteiger partial charge in [0.2, 0.25) is 0 Å². The summed E-state index contributed by atoms with van der Waals surface area (Å²) in [7, 11) is 0. The van der Waals surface area contributed by atoms with E-state index >= 15 is 0 Å². The third-order valence-corrected chi connectivity index (χ3v) is 4.06. The minimum absolute atomic E-state index is 0.0112. The minimum Gasteiger partial charge on any atom is -0.459 e. The van der Waals surface area contributed by atoms with Gasteiger partial charge in [-0.05, 0) is 19.9 Å². The summed E-state index contributed by atoms with van der Waals surface area (Å²) in [5.41, 5.74) is 2.05. The second-order valence-corrected chi connectivity index (χ2v) is 5.68. The van der Waals surface area contributed by atoms with E-state index in [-0.39, 0.29) is 6.04 Å². The number of para-hydroxylation sites is 1. The van der Waals surface area contributed by atoms with Gasteiger partial charge in [0, 0.05) is 29.4 Å². The Kier molecular flexibility index (Phi) is 3.49. The Bertz CT molecular complexity index is 974. The number of aromatic nitrogens is 4. The molecule has 0 fully saturated rings. The first kappa shape index (κ1) is 14.4. The largest absolute Gasteiger partial charge is 0.459 e. The molecule has 6 nitrogen and oxygen atoms in total. The Balaban J connectivity index is 1.63. The molecule has 0 aliphatic rings. The highest BCUT2D eigenvalue weighted by Gasteiger charge is 2.17. The molecule has 3 heterocycles. The van der Waals surface area contributed by atoms with Gasteiger partial charge in [-0.3, -0.25) is 4.57 Å². The van der Waals surface area contributed by atoms with Crippen molar-refractivity contribution in [2.24, 2.45) is 0 Å². The molecular formula is C18H17N5O. The monoisotopic (exact) mass is 319 g/mol. The van der Waals surface area contributed by atoms with Crippen LogP contribution in [0.4, 0.5) is 5.82 Å². The summed E-state index contributed by atoms with van der Waals surface area (Å²) in [5, 5.41) is 4.53. The molecule has 4 aromatic rings. The quantitative estimate of drug-likeness (QED) is 0.618. The van der Waals surface area contributed by atoms with Crippen LogP contribution in [0.3, 0.4) is 0 Å². The summed E-state index contributed by atoms with van der Waals surface area (Å²) in [6.07, 6.45) is 6.81. The molecule has 0 saturated carbocycles. The van der Waals surface area contributed by atoms with Crippen molar-refractivity contribution in [1.82, 2.24) is 19.5 Å². The van der Waals surface area contributed by atoms with Crippen molar-refractivity contribution < 1.29 is 4.42 Å². The molecule has 24 heavy (non-hydrogen) atoms. The van der Waals surface area contributed by atoms with Crippen molar-refractivity contribution in [1.29, 1.82) is 0 Å². The molecule has 1 N–H and O–H groups in total. The molecule has 1 unspecified atom stereocenters. The Morgan fingerprint density at radius 3 is 2.88 bits per heavy atom. The summed E-state index contributed by atoms with van der Waals surface area (Å²) in [4.78, 5) is 12.6. The van der Waals surface area contributed by atoms with Crippen molar-refractivity contribution in [2.45, 2.75) is 19.9 Å². The summed E-state index contributed by atoms with van der Waals surface area (Å²) >= 11 is 0. The van der Waals surface area contributed by atoms with Crippen molar-refractivity contribution in [2.75, 3.05) is 5.32 Å². The molecule has 1 atom stereocenters. The van der Waals surface area contributed by atoms with Gasteiger partial charge in [-0.15, -0.1) is 0 Å². The summed E-state index contributed by atoms with van der Waals surface area (Å²) < 4.78 is 7.85. The molecule has 0 radical (unpaired) electrons. The zero-order valence-electron chi connectivity index (χ0n) is 13.5. The van der Waals surface area contributed by atoms with Gasteiger partial charge < -0.3 is 9.73 Å². The van der Waals surface area contributed by atoms with Crippen LogP contribution in [-0.2, 0) is 0 Å². The Hall–Kier alpha value is -3.15. The lowest BCUT2D eigenvalue weighted by Crippen LogP contribution is -2.09. The van der Waals surface area contributed by atoms with E-state index in [9.17, 15) is 0 Å². The van der Waals surface area contributed by atoms with Gasteiger partial charge in [-0.25, -0.2) is 15.0 Å². The highest BCUT2D eigenvalue weighted by Crippen LogP contribution is 2.30. The Morgan fingerprint density at radius 2 is 2.08 bits per heavy atom. The molecule has 0 aliphatic carbocycles. The first-order valence-corrected chi connectivity index (χ1v) is 7.77. The van der Waals surface area contributed by atoms with Crippen molar-refractivity contribution in [3.63, 3.8) is 0 Å². The number of imidazole rings is 1. The number of furan rings is 1. The first-order valence-electron chi connectivity index (χ1n) is 7.77. The number of hydrogen-bond acceptors (Lipinski definition) is 5. The molecule has 3 aromatic heterocycles. The maximum atomic E-state index is 6.01. The predicted molar refractivity (Wildman–Crippen MR) is 92.1 cm³/mol. The van der Waals surface area contributed by atoms with Gasteiger partial charge >= 0.3 is 0 Å². The van der Waals surface area contributed by atoms with E-state index in [2.05, 4.69) is 40.2 Å². The van der Waals surface area contributed by atoms with Crippen LogP contribution in [-0.4, -0.2) is 19.5 Å². The lowest BCUT2D eigenvalue weighted by atomic mass is 10.1. The van der Waals surface area contributed by atoms with Crippen molar-refractivity contribution in [3.05, 3.63) is 66.7 Å². The second kappa shape index (κ2) is 5.81. The fourth-order valence-corrected chi connectivity index (χ4v) is 2.86. The lowest BCUT2D eigenvalue weighted by molar-refractivity contribution is 0.521. The van der Waals surface area contributed by atoms with Crippen LogP contribution < -0.4 is 5.32 Å². The molecule has 0 spiro atoms. The molecule has 4 rings (SSSR count). The van der Waals surface area contributed by atoms with E-state index in [4.69, 9.17) is 4.42 Å². The van der Waals surface area contributed by atoms with Crippen LogP contribution in [0.2, 0.25) is 0 Å². The van der Waals surface area contributed by atoms with Crippen molar-refractivity contribution >= 4 is 16.8 Å². The zero-order chi connectivity index (χ0) is 16.5. The average Bonchev–Trinajstić information content (AvgIpc) is 3.24. The van der Waals surface area contributed by atoms with E-state index in [0.29, 0.717) is 0 Å². The van der Waals surface area contributed by atoms with Gasteiger partial charge in [0.15, 0.2) is 0 Å². The smallest absolute Gasteiger partial charge is 0.143 e. The Labute approximate surface area is 139 Å². The number of hydrogen-bond donors (Lipinski definition) is 1. The van der Waals surface area contributed by atoms with E-state index in [1.165, 1.54) is 6.33 Å². The summed E-state index contributed by atoms with van der Waals surface area (Å²) in [6.45, 7) is 4.14. The standard InChI is InChI=1S/C18H17N5O/c1-12-14-5-3-4-6-15(14)24-18(12)13(2)22-16-9-17(21-10-20-16)23-8-7-19-11-23/h3-11,13H,1-2H3,(H,20,21,22). The van der Waals surface area contributed by atoms with Crippen LogP contribution >= 0.6 is 0 Å². The van der Waals surface area contributed by atoms with Crippen LogP contribution in [0.15, 0.2) is 59.8 Å². The fraction of sp³-hybridized carbons (Fsp3) is 0.167. The first-order chi connectivity index (χ1) is 11.7. The number of benzene rings is 1. The molecule has 0 aliphatic heterocycles. The number of aryl methyl sites for hydroxylation is 1. The number of rotatable bonds is 4. The molecule has 1 aromatic carbocycles. The Morgan fingerprint density at radius 1 is 1.21 bits per heavy atom. The van der Waals surface area contributed by atoms with Gasteiger partial charge in [-0.1, -0.05) is 18.2 Å². The van der Waals surface area contributed by atoms with E-state index in [0.717, 1.165) is 33.9 Å². The van der Waals surface area contributed by atoms with Crippen LogP contribution in [0.5, 0.6) is 0 Å². The second-order valence-electron chi connectivity index (χ2n) is 5.68. The zero-order valence-corrected chi connectivity index (χ0v) is 13.5. The van der Waals surface area contributed by atoms with Crippen LogP contribution in [0.1, 0.15) is 24.3 Å². The average molecular weight is 319 g/mol. The van der Waals surface area contributed by atoms with E-state index < -0.39 is 0 Å². The van der Waals surface area contributed by atoms with Crippen LogP contribution in [0.25, 0.3) is 16.8 Å². The summed E-state index contributed by atoms with van der Waals surface area (Å²) in [6, 6.07) is 9.94. The molecule has 0 bridgehead atoms. The SMILES string of the molecule is Cc1c(C(C)Nc2cc(-n3ccnc3)ncn2)oc2ccccc12. The van der Waals surface area contributed by atoms with Gasteiger partial charge in [0.05, 0.1) is 6.04 Å². The fourth-order valence-electron chi connectivity index (χ4n) is 2.86. The van der Waals surface area contributed by atoms with Gasteiger partial charge in [0.1, 0.15) is 35.6 Å². The molecular weight excluding hydrogens is 302 g/mol. The minimum atomic E-state index is -0.0112. The predicted octanol–water partition coefficient (Wildman–Crippen LogP) is 3.89. The molecule has 120 valence electrons. The van der Waals surface area contributed by atoms with E-state index in [1.807, 2.05) is 35.0 Å².